The molecular weight excluding hydrogens is 341 g/mol. The third-order valence-electron chi connectivity index (χ3n) is 4.65. The van der Waals surface area contributed by atoms with Crippen LogP contribution in [0.4, 0.5) is 13.2 Å². The van der Waals surface area contributed by atoms with Gasteiger partial charge in [0, 0.05) is 12.0 Å². The second-order valence-corrected chi connectivity index (χ2v) is 6.33. The Morgan fingerprint density at radius 3 is 2.54 bits per heavy atom. The fraction of sp³-hybridized carbons (Fsp3) is 0.588. The molecule has 0 aliphatic heterocycles. The van der Waals surface area contributed by atoms with Crippen molar-refractivity contribution in [1.29, 1.82) is 0 Å². The number of nitrogens with one attached hydrogen (secondary N) is 1. The highest BCUT2D eigenvalue weighted by Crippen LogP contribution is 2.44. The van der Waals surface area contributed by atoms with Gasteiger partial charge < -0.3 is 11.1 Å². The number of carbonyl (C=O) groups excluding carboxylic acids is 1. The molecule has 0 heterocycles. The molecule has 1 aromatic carbocycles. The molecule has 1 fully saturated rings. The summed E-state index contributed by atoms with van der Waals surface area (Å²) in [5.74, 6) is -0.231. The van der Waals surface area contributed by atoms with Crippen LogP contribution in [0, 0.1) is 0 Å². The molecule has 0 bridgehead atoms. The Hall–Kier alpha value is -1.27. The molecule has 2 rings (SSSR count). The Morgan fingerprint density at radius 1 is 1.38 bits per heavy atom. The van der Waals surface area contributed by atoms with Gasteiger partial charge in [-0.2, -0.15) is 13.2 Å². The number of hydrogen-bond acceptors (Lipinski definition) is 2. The highest BCUT2D eigenvalue weighted by Gasteiger charge is 2.40. The maximum absolute atomic E-state index is 12.9. The summed E-state index contributed by atoms with van der Waals surface area (Å²) >= 11 is 0. The zero-order valence-corrected chi connectivity index (χ0v) is 14.5. The van der Waals surface area contributed by atoms with E-state index in [1.807, 2.05) is 6.92 Å². The SMILES string of the molecule is CCCC(N)C(=O)NCC1(c2cccc(C(F)(F)F)c2)CCC1.Cl. The number of benzene rings is 1. The van der Waals surface area contributed by atoms with Crippen molar-refractivity contribution < 1.29 is 18.0 Å². The Kier molecular flexibility index (Phi) is 7.10. The van der Waals surface area contributed by atoms with E-state index in [-0.39, 0.29) is 18.3 Å². The normalized spacial score (nSPS) is 17.4. The lowest BCUT2D eigenvalue weighted by Crippen LogP contribution is -2.49. The van der Waals surface area contributed by atoms with Crippen LogP contribution < -0.4 is 11.1 Å². The van der Waals surface area contributed by atoms with E-state index in [0.29, 0.717) is 18.5 Å². The van der Waals surface area contributed by atoms with Crippen LogP contribution in [0.3, 0.4) is 0 Å². The van der Waals surface area contributed by atoms with Crippen molar-refractivity contribution in [3.63, 3.8) is 0 Å². The molecule has 136 valence electrons. The maximum atomic E-state index is 12.9. The zero-order valence-electron chi connectivity index (χ0n) is 13.7. The molecule has 0 radical (unpaired) electrons. The molecule has 1 aliphatic carbocycles. The number of amides is 1. The molecule has 1 saturated carbocycles. The van der Waals surface area contributed by atoms with Gasteiger partial charge in [0.15, 0.2) is 0 Å². The number of carbonyl (C=O) groups is 1. The van der Waals surface area contributed by atoms with Crippen LogP contribution in [-0.4, -0.2) is 18.5 Å². The van der Waals surface area contributed by atoms with Crippen LogP contribution in [0.5, 0.6) is 0 Å². The molecule has 0 spiro atoms. The Balaban J connectivity index is 0.00000288. The van der Waals surface area contributed by atoms with E-state index in [9.17, 15) is 18.0 Å². The summed E-state index contributed by atoms with van der Waals surface area (Å²) in [6.45, 7) is 2.29. The molecule has 0 saturated heterocycles. The molecule has 0 aromatic heterocycles. The summed E-state index contributed by atoms with van der Waals surface area (Å²) in [4.78, 5) is 12.0. The fourth-order valence-corrected chi connectivity index (χ4v) is 3.03. The van der Waals surface area contributed by atoms with E-state index in [1.165, 1.54) is 12.1 Å². The van der Waals surface area contributed by atoms with E-state index < -0.39 is 23.2 Å². The van der Waals surface area contributed by atoms with Crippen LogP contribution >= 0.6 is 12.4 Å². The summed E-state index contributed by atoms with van der Waals surface area (Å²) in [5, 5.41) is 2.82. The van der Waals surface area contributed by atoms with Gasteiger partial charge >= 0.3 is 6.18 Å². The summed E-state index contributed by atoms with van der Waals surface area (Å²) < 4.78 is 38.7. The van der Waals surface area contributed by atoms with Crippen LogP contribution in [0.15, 0.2) is 24.3 Å². The van der Waals surface area contributed by atoms with Crippen molar-refractivity contribution >= 4 is 18.3 Å². The number of alkyl halides is 3. The molecule has 1 atom stereocenters. The zero-order chi connectivity index (χ0) is 17.1. The first-order valence-corrected chi connectivity index (χ1v) is 7.99. The van der Waals surface area contributed by atoms with Gasteiger partial charge in [0.25, 0.3) is 0 Å². The predicted molar refractivity (Wildman–Crippen MR) is 90.1 cm³/mol. The maximum Gasteiger partial charge on any atom is 0.416 e. The van der Waals surface area contributed by atoms with Crippen molar-refractivity contribution in [2.24, 2.45) is 5.73 Å². The van der Waals surface area contributed by atoms with Crippen molar-refractivity contribution in [2.75, 3.05) is 6.54 Å². The second-order valence-electron chi connectivity index (χ2n) is 6.33. The summed E-state index contributed by atoms with van der Waals surface area (Å²) in [5.41, 5.74) is 5.37. The van der Waals surface area contributed by atoms with Gasteiger partial charge in [-0.3, -0.25) is 4.79 Å². The number of nitrogens with two attached hydrogens (primary N) is 1. The lowest BCUT2D eigenvalue weighted by atomic mass is 9.64. The van der Waals surface area contributed by atoms with E-state index in [1.54, 1.807) is 6.07 Å². The van der Waals surface area contributed by atoms with Crippen molar-refractivity contribution in [1.82, 2.24) is 5.32 Å². The Morgan fingerprint density at radius 2 is 2.04 bits per heavy atom. The third kappa shape index (κ3) is 4.63. The average molecular weight is 365 g/mol. The highest BCUT2D eigenvalue weighted by atomic mass is 35.5. The van der Waals surface area contributed by atoms with Gasteiger partial charge in [-0.15, -0.1) is 12.4 Å². The first-order valence-electron chi connectivity index (χ1n) is 7.99. The first-order chi connectivity index (χ1) is 10.8. The second kappa shape index (κ2) is 8.21. The third-order valence-corrected chi connectivity index (χ3v) is 4.65. The van der Waals surface area contributed by atoms with Gasteiger partial charge in [0.05, 0.1) is 11.6 Å². The number of rotatable bonds is 6. The molecule has 1 aromatic rings. The van der Waals surface area contributed by atoms with Crippen molar-refractivity contribution in [3.05, 3.63) is 35.4 Å². The average Bonchev–Trinajstić information content (AvgIpc) is 2.45. The van der Waals surface area contributed by atoms with E-state index in [4.69, 9.17) is 5.73 Å². The predicted octanol–water partition coefficient (Wildman–Crippen LogP) is 3.79. The van der Waals surface area contributed by atoms with Gasteiger partial charge in [-0.1, -0.05) is 38.0 Å². The van der Waals surface area contributed by atoms with Crippen LogP contribution in [0.2, 0.25) is 0 Å². The minimum Gasteiger partial charge on any atom is -0.354 e. The smallest absolute Gasteiger partial charge is 0.354 e. The Bertz CT molecular complexity index is 559. The van der Waals surface area contributed by atoms with Gasteiger partial charge in [0.2, 0.25) is 5.91 Å². The molecule has 3 N–H and O–H groups in total. The van der Waals surface area contributed by atoms with E-state index >= 15 is 0 Å². The summed E-state index contributed by atoms with van der Waals surface area (Å²) in [6, 6.07) is 4.87. The molecule has 7 heteroatoms. The van der Waals surface area contributed by atoms with Gasteiger partial charge in [0.1, 0.15) is 0 Å². The number of halogens is 4. The van der Waals surface area contributed by atoms with Crippen molar-refractivity contribution in [2.45, 2.75) is 56.7 Å². The van der Waals surface area contributed by atoms with Crippen molar-refractivity contribution in [3.8, 4) is 0 Å². The van der Waals surface area contributed by atoms with E-state index in [2.05, 4.69) is 5.32 Å². The van der Waals surface area contributed by atoms with Gasteiger partial charge in [-0.05, 0) is 30.9 Å². The molecule has 1 aliphatic rings. The summed E-state index contributed by atoms with van der Waals surface area (Å²) in [7, 11) is 0. The lowest BCUT2D eigenvalue weighted by Gasteiger charge is -2.43. The highest BCUT2D eigenvalue weighted by molar-refractivity contribution is 5.85. The Labute approximate surface area is 146 Å². The molecular formula is C17H24ClF3N2O. The fourth-order valence-electron chi connectivity index (χ4n) is 3.03. The van der Waals surface area contributed by atoms with Crippen LogP contribution in [-0.2, 0) is 16.4 Å². The van der Waals surface area contributed by atoms with Crippen LogP contribution in [0.1, 0.15) is 50.2 Å². The molecule has 1 unspecified atom stereocenters. The lowest BCUT2D eigenvalue weighted by molar-refractivity contribution is -0.137. The largest absolute Gasteiger partial charge is 0.416 e. The topological polar surface area (TPSA) is 55.1 Å². The first kappa shape index (κ1) is 20.8. The minimum absolute atomic E-state index is 0. The number of hydrogen-bond donors (Lipinski definition) is 2. The minimum atomic E-state index is -4.35. The quantitative estimate of drug-likeness (QED) is 0.806. The summed E-state index contributed by atoms with van der Waals surface area (Å²) in [6.07, 6.45) is -0.439. The van der Waals surface area contributed by atoms with E-state index in [0.717, 1.165) is 31.7 Å². The monoisotopic (exact) mass is 364 g/mol. The standard InChI is InChI=1S/C17H23F3N2O.ClH/c1-2-5-14(21)15(23)22-11-16(8-4-9-16)12-6-3-7-13(10-12)17(18,19)20;/h3,6-7,10,14H,2,4-5,8-9,11,21H2,1H3,(H,22,23);1H. The van der Waals surface area contributed by atoms with Crippen LogP contribution in [0.25, 0.3) is 0 Å². The molecule has 3 nitrogen and oxygen atoms in total. The molecule has 1 amide bonds. The van der Waals surface area contributed by atoms with Gasteiger partial charge in [-0.25, -0.2) is 0 Å². The molecule has 24 heavy (non-hydrogen) atoms.